The Kier molecular flexibility index (Phi) is 6.91. The molecule has 0 heterocycles. The SMILES string of the molecule is OCC#Cc1cccc(OCCCOCC(F)(F)F)c1. The van der Waals surface area contributed by atoms with Gasteiger partial charge in [0.15, 0.2) is 0 Å². The molecule has 0 saturated heterocycles. The lowest BCUT2D eigenvalue weighted by Gasteiger charge is -2.08. The Labute approximate surface area is 115 Å². The van der Waals surface area contributed by atoms with Crippen LogP contribution in [0.15, 0.2) is 24.3 Å². The summed E-state index contributed by atoms with van der Waals surface area (Å²) in [4.78, 5) is 0. The number of alkyl halides is 3. The number of benzene rings is 1. The highest BCUT2D eigenvalue weighted by atomic mass is 19.4. The molecule has 0 amide bonds. The first-order chi connectivity index (χ1) is 9.51. The number of rotatable bonds is 6. The topological polar surface area (TPSA) is 38.7 Å². The van der Waals surface area contributed by atoms with Gasteiger partial charge in [-0.25, -0.2) is 0 Å². The molecular formula is C14H15F3O3. The van der Waals surface area contributed by atoms with Gasteiger partial charge in [0.05, 0.1) is 13.2 Å². The van der Waals surface area contributed by atoms with Gasteiger partial charge in [-0.1, -0.05) is 17.9 Å². The second kappa shape index (κ2) is 8.46. The predicted octanol–water partition coefficient (Wildman–Crippen LogP) is 2.38. The molecule has 3 nitrogen and oxygen atoms in total. The summed E-state index contributed by atoms with van der Waals surface area (Å²) < 4.78 is 45.2. The van der Waals surface area contributed by atoms with Crippen molar-refractivity contribution in [2.75, 3.05) is 26.4 Å². The van der Waals surface area contributed by atoms with Gasteiger partial charge in [-0.15, -0.1) is 0 Å². The molecule has 0 atom stereocenters. The molecule has 0 aromatic heterocycles. The summed E-state index contributed by atoms with van der Waals surface area (Å²) in [5.74, 6) is 5.82. The van der Waals surface area contributed by atoms with Crippen LogP contribution in [0.5, 0.6) is 5.75 Å². The first-order valence-electron chi connectivity index (χ1n) is 5.98. The van der Waals surface area contributed by atoms with E-state index < -0.39 is 12.8 Å². The summed E-state index contributed by atoms with van der Waals surface area (Å²) in [6.07, 6.45) is -3.93. The fourth-order valence-corrected chi connectivity index (χ4v) is 1.34. The molecule has 0 radical (unpaired) electrons. The standard InChI is InChI=1S/C14H15F3O3/c15-14(16,17)11-19-8-3-9-20-13-6-1-4-12(10-13)5-2-7-18/h1,4,6,10,18H,3,7-9,11H2. The van der Waals surface area contributed by atoms with Gasteiger partial charge in [-0.05, 0) is 18.2 Å². The molecule has 0 aliphatic rings. The van der Waals surface area contributed by atoms with E-state index in [0.717, 1.165) is 0 Å². The first-order valence-corrected chi connectivity index (χ1v) is 5.98. The van der Waals surface area contributed by atoms with Gasteiger partial charge in [0.2, 0.25) is 0 Å². The Bertz CT molecular complexity index is 461. The maximum atomic E-state index is 11.8. The lowest BCUT2D eigenvalue weighted by atomic mass is 10.2. The predicted molar refractivity (Wildman–Crippen MR) is 67.4 cm³/mol. The van der Waals surface area contributed by atoms with Crippen LogP contribution in [0.25, 0.3) is 0 Å². The van der Waals surface area contributed by atoms with Gasteiger partial charge in [-0.2, -0.15) is 13.2 Å². The lowest BCUT2D eigenvalue weighted by Crippen LogP contribution is -2.18. The normalized spacial score (nSPS) is 10.8. The van der Waals surface area contributed by atoms with Crippen molar-refractivity contribution in [3.63, 3.8) is 0 Å². The quantitative estimate of drug-likeness (QED) is 0.645. The highest BCUT2D eigenvalue weighted by Crippen LogP contribution is 2.15. The minimum absolute atomic E-state index is 0.0104. The van der Waals surface area contributed by atoms with E-state index in [-0.39, 0.29) is 19.8 Å². The monoisotopic (exact) mass is 288 g/mol. The Morgan fingerprint density at radius 3 is 2.70 bits per heavy atom. The Morgan fingerprint density at radius 1 is 1.20 bits per heavy atom. The number of aliphatic hydroxyl groups excluding tert-OH is 1. The van der Waals surface area contributed by atoms with Gasteiger partial charge in [0, 0.05) is 12.0 Å². The minimum Gasteiger partial charge on any atom is -0.493 e. The summed E-state index contributed by atoms with van der Waals surface area (Å²) in [7, 11) is 0. The van der Waals surface area contributed by atoms with Gasteiger partial charge < -0.3 is 14.6 Å². The van der Waals surface area contributed by atoms with Crippen molar-refractivity contribution in [2.45, 2.75) is 12.6 Å². The zero-order chi connectivity index (χ0) is 14.8. The van der Waals surface area contributed by atoms with Crippen molar-refractivity contribution in [1.82, 2.24) is 0 Å². The van der Waals surface area contributed by atoms with Gasteiger partial charge in [0.1, 0.15) is 19.0 Å². The van der Waals surface area contributed by atoms with Crippen molar-refractivity contribution in [1.29, 1.82) is 0 Å². The van der Waals surface area contributed by atoms with Crippen LogP contribution in [0.4, 0.5) is 13.2 Å². The molecule has 1 N–H and O–H groups in total. The average Bonchev–Trinajstić information content (AvgIpc) is 2.40. The van der Waals surface area contributed by atoms with Crippen molar-refractivity contribution in [2.24, 2.45) is 0 Å². The number of aliphatic hydroxyl groups is 1. The van der Waals surface area contributed by atoms with Crippen molar-refractivity contribution in [3.8, 4) is 17.6 Å². The van der Waals surface area contributed by atoms with Crippen LogP contribution < -0.4 is 4.74 Å². The van der Waals surface area contributed by atoms with E-state index in [0.29, 0.717) is 17.7 Å². The minimum atomic E-state index is -4.29. The third kappa shape index (κ3) is 7.67. The maximum absolute atomic E-state index is 11.8. The molecule has 0 spiro atoms. The number of halogens is 3. The number of hydrogen-bond donors (Lipinski definition) is 1. The molecule has 1 rings (SSSR count). The third-order valence-electron chi connectivity index (χ3n) is 2.11. The average molecular weight is 288 g/mol. The number of hydrogen-bond acceptors (Lipinski definition) is 3. The molecule has 6 heteroatoms. The van der Waals surface area contributed by atoms with Crippen molar-refractivity contribution < 1.29 is 27.8 Å². The molecule has 0 unspecified atom stereocenters. The second-order valence-electron chi connectivity index (χ2n) is 3.86. The highest BCUT2D eigenvalue weighted by molar-refractivity contribution is 5.39. The molecule has 20 heavy (non-hydrogen) atoms. The van der Waals surface area contributed by atoms with Gasteiger partial charge in [0.25, 0.3) is 0 Å². The van der Waals surface area contributed by atoms with Gasteiger partial charge >= 0.3 is 6.18 Å². The van der Waals surface area contributed by atoms with E-state index in [2.05, 4.69) is 16.6 Å². The van der Waals surface area contributed by atoms with Crippen LogP contribution in [-0.2, 0) is 4.74 Å². The van der Waals surface area contributed by atoms with Crippen molar-refractivity contribution in [3.05, 3.63) is 29.8 Å². The molecule has 0 aliphatic heterocycles. The molecule has 0 saturated carbocycles. The molecule has 0 bridgehead atoms. The third-order valence-corrected chi connectivity index (χ3v) is 2.11. The van der Waals surface area contributed by atoms with E-state index in [1.54, 1.807) is 24.3 Å². The first kappa shape index (κ1) is 16.3. The zero-order valence-electron chi connectivity index (χ0n) is 10.7. The Balaban J connectivity index is 2.25. The van der Waals surface area contributed by atoms with Crippen LogP contribution in [0.3, 0.4) is 0 Å². The second-order valence-corrected chi connectivity index (χ2v) is 3.86. The zero-order valence-corrected chi connectivity index (χ0v) is 10.7. The number of ether oxygens (including phenoxy) is 2. The van der Waals surface area contributed by atoms with E-state index >= 15 is 0 Å². The lowest BCUT2D eigenvalue weighted by molar-refractivity contribution is -0.174. The van der Waals surface area contributed by atoms with E-state index in [1.165, 1.54) is 0 Å². The summed E-state index contributed by atoms with van der Waals surface area (Å²) in [5, 5.41) is 8.58. The summed E-state index contributed by atoms with van der Waals surface area (Å²) in [5.41, 5.74) is 0.699. The Morgan fingerprint density at radius 2 is 2.00 bits per heavy atom. The largest absolute Gasteiger partial charge is 0.493 e. The summed E-state index contributed by atoms with van der Waals surface area (Å²) >= 11 is 0. The van der Waals surface area contributed by atoms with Gasteiger partial charge in [-0.3, -0.25) is 0 Å². The molecule has 0 aliphatic carbocycles. The van der Waals surface area contributed by atoms with E-state index in [1.807, 2.05) is 0 Å². The maximum Gasteiger partial charge on any atom is 0.411 e. The fourth-order valence-electron chi connectivity index (χ4n) is 1.34. The van der Waals surface area contributed by atoms with E-state index in [9.17, 15) is 13.2 Å². The molecule has 1 aromatic carbocycles. The van der Waals surface area contributed by atoms with E-state index in [4.69, 9.17) is 9.84 Å². The van der Waals surface area contributed by atoms with Crippen LogP contribution >= 0.6 is 0 Å². The smallest absolute Gasteiger partial charge is 0.411 e. The highest BCUT2D eigenvalue weighted by Gasteiger charge is 2.27. The summed E-state index contributed by atoms with van der Waals surface area (Å²) in [6, 6.07) is 6.93. The molecule has 110 valence electrons. The fraction of sp³-hybridized carbons (Fsp3) is 0.429. The van der Waals surface area contributed by atoms with Crippen LogP contribution in [0.1, 0.15) is 12.0 Å². The molecule has 1 aromatic rings. The van der Waals surface area contributed by atoms with Crippen LogP contribution in [0, 0.1) is 11.8 Å². The van der Waals surface area contributed by atoms with Crippen LogP contribution in [0.2, 0.25) is 0 Å². The van der Waals surface area contributed by atoms with Crippen LogP contribution in [-0.4, -0.2) is 37.7 Å². The molecular weight excluding hydrogens is 273 g/mol. The molecule has 0 fully saturated rings. The Hall–Kier alpha value is -1.71. The summed E-state index contributed by atoms with van der Waals surface area (Å²) in [6.45, 7) is -1.21. The van der Waals surface area contributed by atoms with Crippen molar-refractivity contribution >= 4 is 0 Å².